The van der Waals surface area contributed by atoms with E-state index in [0.717, 1.165) is 0 Å². The SMILES string of the molecule is COC(=O)C(C)CN(C)C(=O)C(C)NC(=O)c1cccs1. The molecule has 2 amide bonds. The van der Waals surface area contributed by atoms with Gasteiger partial charge in [0.25, 0.3) is 5.91 Å². The lowest BCUT2D eigenvalue weighted by Crippen LogP contribution is -2.47. The van der Waals surface area contributed by atoms with E-state index in [4.69, 9.17) is 0 Å². The molecular formula is C14H20N2O4S. The van der Waals surface area contributed by atoms with Gasteiger partial charge in [0.05, 0.1) is 17.9 Å². The van der Waals surface area contributed by atoms with Crippen LogP contribution in [0.15, 0.2) is 17.5 Å². The van der Waals surface area contributed by atoms with Crippen LogP contribution in [0.3, 0.4) is 0 Å². The van der Waals surface area contributed by atoms with E-state index in [1.165, 1.54) is 23.3 Å². The highest BCUT2D eigenvalue weighted by Gasteiger charge is 2.23. The molecule has 2 atom stereocenters. The van der Waals surface area contributed by atoms with Gasteiger partial charge in [0.2, 0.25) is 5.91 Å². The number of nitrogens with zero attached hydrogens (tertiary/aromatic N) is 1. The first-order valence-electron chi connectivity index (χ1n) is 6.54. The van der Waals surface area contributed by atoms with E-state index in [0.29, 0.717) is 4.88 Å². The molecule has 1 aromatic heterocycles. The zero-order valence-electron chi connectivity index (χ0n) is 12.6. The maximum Gasteiger partial charge on any atom is 0.310 e. The van der Waals surface area contributed by atoms with E-state index in [9.17, 15) is 14.4 Å². The molecule has 6 nitrogen and oxygen atoms in total. The Labute approximate surface area is 128 Å². The lowest BCUT2D eigenvalue weighted by Gasteiger charge is -2.24. The maximum absolute atomic E-state index is 12.2. The second-order valence-corrected chi connectivity index (χ2v) is 5.76. The smallest absolute Gasteiger partial charge is 0.310 e. The van der Waals surface area contributed by atoms with Crippen molar-refractivity contribution in [2.24, 2.45) is 5.92 Å². The van der Waals surface area contributed by atoms with Crippen molar-refractivity contribution in [2.75, 3.05) is 20.7 Å². The first kappa shape index (κ1) is 17.2. The number of esters is 1. The summed E-state index contributed by atoms with van der Waals surface area (Å²) in [5, 5.41) is 4.44. The summed E-state index contributed by atoms with van der Waals surface area (Å²) in [5.74, 6) is -1.31. The van der Waals surface area contributed by atoms with Crippen molar-refractivity contribution in [3.05, 3.63) is 22.4 Å². The number of rotatable bonds is 6. The van der Waals surface area contributed by atoms with Gasteiger partial charge in [0, 0.05) is 13.6 Å². The molecule has 0 fully saturated rings. The number of methoxy groups -OCH3 is 1. The Hall–Kier alpha value is -1.89. The molecule has 21 heavy (non-hydrogen) atoms. The molecule has 2 unspecified atom stereocenters. The van der Waals surface area contributed by atoms with Crippen molar-refractivity contribution in [1.82, 2.24) is 10.2 Å². The highest BCUT2D eigenvalue weighted by molar-refractivity contribution is 7.12. The topological polar surface area (TPSA) is 75.7 Å². The van der Waals surface area contributed by atoms with Crippen LogP contribution in [0.2, 0.25) is 0 Å². The Morgan fingerprint density at radius 2 is 2.05 bits per heavy atom. The molecule has 1 rings (SSSR count). The fraction of sp³-hybridized carbons (Fsp3) is 0.500. The van der Waals surface area contributed by atoms with Crippen LogP contribution in [0, 0.1) is 5.92 Å². The third kappa shape index (κ3) is 4.86. The highest BCUT2D eigenvalue weighted by atomic mass is 32.1. The van der Waals surface area contributed by atoms with Gasteiger partial charge in [-0.25, -0.2) is 0 Å². The summed E-state index contributed by atoms with van der Waals surface area (Å²) < 4.78 is 4.62. The van der Waals surface area contributed by atoms with Crippen LogP contribution in [0.25, 0.3) is 0 Å². The van der Waals surface area contributed by atoms with Gasteiger partial charge in [-0.15, -0.1) is 11.3 Å². The van der Waals surface area contributed by atoms with E-state index in [2.05, 4.69) is 10.1 Å². The van der Waals surface area contributed by atoms with Crippen molar-refractivity contribution in [3.63, 3.8) is 0 Å². The van der Waals surface area contributed by atoms with Crippen LogP contribution in [-0.4, -0.2) is 49.4 Å². The fourth-order valence-corrected chi connectivity index (χ4v) is 2.47. The minimum absolute atomic E-state index is 0.241. The van der Waals surface area contributed by atoms with Crippen LogP contribution in [-0.2, 0) is 14.3 Å². The molecule has 0 spiro atoms. The summed E-state index contributed by atoms with van der Waals surface area (Å²) in [4.78, 5) is 37.3. The zero-order valence-corrected chi connectivity index (χ0v) is 13.4. The number of thiophene rings is 1. The number of likely N-dealkylation sites (N-methyl/N-ethyl adjacent to an activating group) is 1. The van der Waals surface area contributed by atoms with Crippen molar-refractivity contribution in [2.45, 2.75) is 19.9 Å². The molecule has 0 aliphatic carbocycles. The normalized spacial score (nSPS) is 13.1. The first-order chi connectivity index (χ1) is 9.86. The van der Waals surface area contributed by atoms with Crippen LogP contribution >= 0.6 is 11.3 Å². The largest absolute Gasteiger partial charge is 0.469 e. The van der Waals surface area contributed by atoms with E-state index in [1.54, 1.807) is 38.4 Å². The van der Waals surface area contributed by atoms with Gasteiger partial charge in [0.1, 0.15) is 6.04 Å². The summed E-state index contributed by atoms with van der Waals surface area (Å²) in [7, 11) is 2.90. The lowest BCUT2D eigenvalue weighted by atomic mass is 10.1. The third-order valence-corrected chi connectivity index (χ3v) is 3.86. The second-order valence-electron chi connectivity index (χ2n) is 4.82. The monoisotopic (exact) mass is 312 g/mol. The van der Waals surface area contributed by atoms with E-state index < -0.39 is 12.0 Å². The molecule has 0 aliphatic rings. The Bertz CT molecular complexity index is 501. The Morgan fingerprint density at radius 3 is 2.57 bits per heavy atom. The first-order valence-corrected chi connectivity index (χ1v) is 7.42. The molecule has 0 radical (unpaired) electrons. The summed E-state index contributed by atoms with van der Waals surface area (Å²) in [6.07, 6.45) is 0. The zero-order chi connectivity index (χ0) is 16.0. The van der Waals surface area contributed by atoms with E-state index >= 15 is 0 Å². The molecule has 0 bridgehead atoms. The number of ether oxygens (including phenoxy) is 1. The van der Waals surface area contributed by atoms with Crippen molar-refractivity contribution < 1.29 is 19.1 Å². The molecule has 1 aromatic rings. The van der Waals surface area contributed by atoms with Crippen LogP contribution < -0.4 is 5.32 Å². The van der Waals surface area contributed by atoms with Crippen LogP contribution in [0.1, 0.15) is 23.5 Å². The van der Waals surface area contributed by atoms with Gasteiger partial charge in [-0.1, -0.05) is 13.0 Å². The molecular weight excluding hydrogens is 292 g/mol. The molecule has 7 heteroatoms. The van der Waals surface area contributed by atoms with Crippen LogP contribution in [0.5, 0.6) is 0 Å². The number of hydrogen-bond acceptors (Lipinski definition) is 5. The summed E-state index contributed by atoms with van der Waals surface area (Å²) >= 11 is 1.31. The predicted molar refractivity (Wildman–Crippen MR) is 80.1 cm³/mol. The van der Waals surface area contributed by atoms with Crippen molar-refractivity contribution in [1.29, 1.82) is 0 Å². The molecule has 1 N–H and O–H groups in total. The molecule has 116 valence electrons. The molecule has 0 saturated carbocycles. The Morgan fingerprint density at radius 1 is 1.38 bits per heavy atom. The Kier molecular flexibility index (Phi) is 6.36. The summed E-state index contributed by atoms with van der Waals surface area (Å²) in [6.45, 7) is 3.54. The summed E-state index contributed by atoms with van der Waals surface area (Å²) in [5.41, 5.74) is 0. The standard InChI is InChI=1S/C14H20N2O4S/c1-9(14(19)20-4)8-16(3)13(18)10(2)15-12(17)11-6-5-7-21-11/h5-7,9-10H,8H2,1-4H3,(H,15,17). The molecule has 0 saturated heterocycles. The van der Waals surface area contributed by atoms with E-state index in [1.807, 2.05) is 0 Å². The minimum atomic E-state index is -0.658. The number of amides is 2. The van der Waals surface area contributed by atoms with Gasteiger partial charge in [0.15, 0.2) is 0 Å². The van der Waals surface area contributed by atoms with Gasteiger partial charge in [-0.2, -0.15) is 0 Å². The minimum Gasteiger partial charge on any atom is -0.469 e. The quantitative estimate of drug-likeness (QED) is 0.799. The average molecular weight is 312 g/mol. The number of hydrogen-bond donors (Lipinski definition) is 1. The highest BCUT2D eigenvalue weighted by Crippen LogP contribution is 2.09. The summed E-state index contributed by atoms with van der Waals surface area (Å²) in [6, 6.07) is 2.81. The molecule has 0 aliphatic heterocycles. The number of carbonyl (C=O) groups is 3. The predicted octanol–water partition coefficient (Wildman–Crippen LogP) is 1.13. The number of nitrogens with one attached hydrogen (secondary N) is 1. The molecule has 1 heterocycles. The van der Waals surface area contributed by atoms with Gasteiger partial charge in [-0.05, 0) is 18.4 Å². The lowest BCUT2D eigenvalue weighted by molar-refractivity contribution is -0.146. The Balaban J connectivity index is 2.53. The second kappa shape index (κ2) is 7.78. The van der Waals surface area contributed by atoms with Gasteiger partial charge < -0.3 is 15.0 Å². The number of carbonyl (C=O) groups excluding carboxylic acids is 3. The van der Waals surface area contributed by atoms with Crippen molar-refractivity contribution >= 4 is 29.1 Å². The van der Waals surface area contributed by atoms with Gasteiger partial charge in [-0.3, -0.25) is 14.4 Å². The van der Waals surface area contributed by atoms with Crippen molar-refractivity contribution in [3.8, 4) is 0 Å². The van der Waals surface area contributed by atoms with Crippen LogP contribution in [0.4, 0.5) is 0 Å². The van der Waals surface area contributed by atoms with E-state index in [-0.39, 0.29) is 24.3 Å². The van der Waals surface area contributed by atoms with Gasteiger partial charge >= 0.3 is 5.97 Å². The third-order valence-electron chi connectivity index (χ3n) is 2.99. The fourth-order valence-electron chi connectivity index (χ4n) is 1.84. The average Bonchev–Trinajstić information content (AvgIpc) is 2.99. The molecule has 0 aromatic carbocycles. The maximum atomic E-state index is 12.2.